The number of amides is 1. The van der Waals surface area contributed by atoms with E-state index >= 15 is 0 Å². The van der Waals surface area contributed by atoms with Crippen LogP contribution in [0.5, 0.6) is 0 Å². The van der Waals surface area contributed by atoms with E-state index in [2.05, 4.69) is 11.9 Å². The zero-order valence-corrected chi connectivity index (χ0v) is 8.99. The third-order valence-electron chi connectivity index (χ3n) is 1.81. The topological polar surface area (TPSA) is 55.1 Å². The van der Waals surface area contributed by atoms with Crippen LogP contribution in [0.3, 0.4) is 0 Å². The predicted molar refractivity (Wildman–Crippen MR) is 60.6 cm³/mol. The van der Waals surface area contributed by atoms with E-state index in [1.165, 1.54) is 11.3 Å². The molecule has 1 aromatic rings. The number of anilines is 1. The van der Waals surface area contributed by atoms with E-state index in [4.69, 9.17) is 5.73 Å². The maximum Gasteiger partial charge on any atom is 0.261 e. The molecule has 0 saturated heterocycles. The first-order valence-electron chi connectivity index (χ1n) is 4.40. The van der Waals surface area contributed by atoms with Crippen LogP contribution in [-0.4, -0.2) is 12.5 Å². The van der Waals surface area contributed by atoms with Crippen molar-refractivity contribution in [3.63, 3.8) is 0 Å². The summed E-state index contributed by atoms with van der Waals surface area (Å²) in [7, 11) is 0. The zero-order chi connectivity index (χ0) is 10.6. The average Bonchev–Trinajstić information content (AvgIpc) is 2.47. The number of nitrogen functional groups attached to an aromatic ring is 1. The Morgan fingerprint density at radius 2 is 2.50 bits per heavy atom. The highest BCUT2D eigenvalue weighted by Crippen LogP contribution is 2.22. The van der Waals surface area contributed by atoms with Crippen molar-refractivity contribution in [3.05, 3.63) is 28.5 Å². The fourth-order valence-electron chi connectivity index (χ4n) is 0.983. The van der Waals surface area contributed by atoms with Gasteiger partial charge in [0.1, 0.15) is 0 Å². The Bertz CT molecular complexity index is 324. The van der Waals surface area contributed by atoms with Gasteiger partial charge in [-0.2, -0.15) is 0 Å². The van der Waals surface area contributed by atoms with Gasteiger partial charge >= 0.3 is 0 Å². The molecule has 0 saturated carbocycles. The molecule has 0 aliphatic rings. The van der Waals surface area contributed by atoms with Gasteiger partial charge in [-0.05, 0) is 19.4 Å². The van der Waals surface area contributed by atoms with Crippen LogP contribution in [-0.2, 0) is 0 Å². The summed E-state index contributed by atoms with van der Waals surface area (Å²) in [4.78, 5) is 13.1. The highest BCUT2D eigenvalue weighted by Gasteiger charge is 2.09. The number of nitrogens with one attached hydrogen (secondary N) is 1. The molecule has 76 valence electrons. The van der Waals surface area contributed by atoms with Crippen molar-refractivity contribution in [1.29, 1.82) is 0 Å². The smallest absolute Gasteiger partial charge is 0.261 e. The van der Waals surface area contributed by atoms with E-state index in [0.717, 1.165) is 11.3 Å². The second-order valence-electron chi connectivity index (χ2n) is 2.96. The van der Waals surface area contributed by atoms with Crippen LogP contribution in [0, 0.1) is 6.92 Å². The second-order valence-corrected chi connectivity index (χ2v) is 4.21. The Morgan fingerprint density at radius 3 is 3.00 bits per heavy atom. The van der Waals surface area contributed by atoms with Gasteiger partial charge in [0.05, 0.1) is 4.88 Å². The summed E-state index contributed by atoms with van der Waals surface area (Å²) in [5.74, 6) is -0.0587. The lowest BCUT2D eigenvalue weighted by molar-refractivity contribution is 0.0958. The van der Waals surface area contributed by atoms with Crippen LogP contribution in [0.25, 0.3) is 0 Å². The van der Waals surface area contributed by atoms with Crippen LogP contribution < -0.4 is 11.1 Å². The summed E-state index contributed by atoms with van der Waals surface area (Å²) in [5, 5.41) is 2.79. The second kappa shape index (κ2) is 4.81. The molecule has 14 heavy (non-hydrogen) atoms. The Labute approximate surface area is 87.6 Å². The van der Waals surface area contributed by atoms with Crippen LogP contribution in [0.15, 0.2) is 18.7 Å². The minimum absolute atomic E-state index is 0.0587. The molecule has 1 rings (SSSR count). The number of hydrogen-bond acceptors (Lipinski definition) is 3. The Morgan fingerprint density at radius 1 is 1.79 bits per heavy atom. The Hall–Kier alpha value is -1.29. The fourth-order valence-corrected chi connectivity index (χ4v) is 1.84. The Balaban J connectivity index is 2.56. The normalized spacial score (nSPS) is 9.79. The van der Waals surface area contributed by atoms with Gasteiger partial charge < -0.3 is 11.1 Å². The van der Waals surface area contributed by atoms with Crippen LogP contribution in [0.4, 0.5) is 5.69 Å². The van der Waals surface area contributed by atoms with Gasteiger partial charge in [0.15, 0.2) is 0 Å². The third-order valence-corrected chi connectivity index (χ3v) is 2.88. The lowest BCUT2D eigenvalue weighted by Gasteiger charge is -1.99. The molecule has 0 fully saturated rings. The molecule has 0 aliphatic carbocycles. The first kappa shape index (κ1) is 10.8. The van der Waals surface area contributed by atoms with Gasteiger partial charge in [-0.25, -0.2) is 0 Å². The highest BCUT2D eigenvalue weighted by atomic mass is 32.1. The van der Waals surface area contributed by atoms with E-state index in [-0.39, 0.29) is 5.91 Å². The van der Waals surface area contributed by atoms with Gasteiger partial charge in [-0.1, -0.05) is 6.08 Å². The van der Waals surface area contributed by atoms with E-state index in [9.17, 15) is 4.79 Å². The van der Waals surface area contributed by atoms with Crippen molar-refractivity contribution in [2.45, 2.75) is 13.3 Å². The number of hydrogen-bond donors (Lipinski definition) is 2. The van der Waals surface area contributed by atoms with E-state index in [0.29, 0.717) is 17.1 Å². The Kier molecular flexibility index (Phi) is 3.71. The van der Waals surface area contributed by atoms with Gasteiger partial charge in [0, 0.05) is 17.1 Å². The van der Waals surface area contributed by atoms with E-state index < -0.39 is 0 Å². The fraction of sp³-hybridized carbons (Fsp3) is 0.300. The molecule has 1 heterocycles. The standard InChI is InChI=1S/C10H14N2OS/c1-3-4-5-12-10(13)9-6-8(11)7(2)14-9/h3,6H,1,4-5,11H2,2H3,(H,12,13). The first-order valence-corrected chi connectivity index (χ1v) is 5.21. The molecular weight excluding hydrogens is 196 g/mol. The first-order chi connectivity index (χ1) is 6.65. The number of rotatable bonds is 4. The van der Waals surface area contributed by atoms with Gasteiger partial charge in [0.2, 0.25) is 0 Å². The number of thiophene rings is 1. The molecule has 0 bridgehead atoms. The molecule has 0 aliphatic heterocycles. The molecule has 0 aromatic carbocycles. The lowest BCUT2D eigenvalue weighted by atomic mass is 10.3. The largest absolute Gasteiger partial charge is 0.398 e. The van der Waals surface area contributed by atoms with Crippen molar-refractivity contribution >= 4 is 22.9 Å². The molecular formula is C10H14N2OS. The highest BCUT2D eigenvalue weighted by molar-refractivity contribution is 7.14. The SMILES string of the molecule is C=CCCNC(=O)c1cc(N)c(C)s1. The molecule has 0 spiro atoms. The monoisotopic (exact) mass is 210 g/mol. The summed E-state index contributed by atoms with van der Waals surface area (Å²) in [6.45, 7) is 6.11. The van der Waals surface area contributed by atoms with Gasteiger partial charge in [-0.3, -0.25) is 4.79 Å². The molecule has 0 unspecified atom stereocenters. The molecule has 1 aromatic heterocycles. The van der Waals surface area contributed by atoms with Crippen molar-refractivity contribution in [3.8, 4) is 0 Å². The number of aryl methyl sites for hydroxylation is 1. The van der Waals surface area contributed by atoms with E-state index in [1.54, 1.807) is 12.1 Å². The zero-order valence-electron chi connectivity index (χ0n) is 8.17. The summed E-state index contributed by atoms with van der Waals surface area (Å²) < 4.78 is 0. The van der Waals surface area contributed by atoms with Crippen LogP contribution in [0.1, 0.15) is 21.0 Å². The minimum Gasteiger partial charge on any atom is -0.398 e. The average molecular weight is 210 g/mol. The molecule has 1 amide bonds. The molecule has 0 atom stereocenters. The summed E-state index contributed by atoms with van der Waals surface area (Å²) >= 11 is 1.42. The number of carbonyl (C=O) groups is 1. The molecule has 3 N–H and O–H groups in total. The van der Waals surface area contributed by atoms with Crippen LogP contribution in [0.2, 0.25) is 0 Å². The van der Waals surface area contributed by atoms with Crippen molar-refractivity contribution in [2.24, 2.45) is 0 Å². The van der Waals surface area contributed by atoms with Crippen LogP contribution >= 0.6 is 11.3 Å². The maximum atomic E-state index is 11.5. The molecule has 3 nitrogen and oxygen atoms in total. The maximum absolute atomic E-state index is 11.5. The summed E-state index contributed by atoms with van der Waals surface area (Å²) in [6.07, 6.45) is 2.56. The van der Waals surface area contributed by atoms with Crippen molar-refractivity contribution < 1.29 is 4.79 Å². The molecule has 4 heteroatoms. The van der Waals surface area contributed by atoms with Gasteiger partial charge in [-0.15, -0.1) is 17.9 Å². The third kappa shape index (κ3) is 2.60. The number of nitrogens with two attached hydrogens (primary N) is 1. The van der Waals surface area contributed by atoms with Gasteiger partial charge in [0.25, 0.3) is 5.91 Å². The quantitative estimate of drug-likeness (QED) is 0.589. The minimum atomic E-state index is -0.0587. The summed E-state index contributed by atoms with van der Waals surface area (Å²) in [5.41, 5.74) is 6.33. The predicted octanol–water partition coefficient (Wildman–Crippen LogP) is 1.94. The lowest BCUT2D eigenvalue weighted by Crippen LogP contribution is -2.23. The number of carbonyl (C=O) groups excluding carboxylic acids is 1. The van der Waals surface area contributed by atoms with E-state index in [1.807, 2.05) is 6.92 Å². The summed E-state index contributed by atoms with van der Waals surface area (Å²) in [6, 6.07) is 1.71. The van der Waals surface area contributed by atoms with Crippen molar-refractivity contribution in [1.82, 2.24) is 5.32 Å². The van der Waals surface area contributed by atoms with Crippen molar-refractivity contribution in [2.75, 3.05) is 12.3 Å². The molecule has 0 radical (unpaired) electrons.